The zero-order valence-corrected chi connectivity index (χ0v) is 44.7. The average Bonchev–Trinajstić information content (AvgIpc) is 3.23. The van der Waals surface area contributed by atoms with Gasteiger partial charge in [0, 0.05) is 24.0 Å². The number of rotatable bonds is 48. The zero-order valence-electron chi connectivity index (χ0n) is 42.5. The van der Waals surface area contributed by atoms with E-state index >= 15 is 0 Å². The van der Waals surface area contributed by atoms with Crippen LogP contribution in [0, 0.1) is 0 Å². The van der Waals surface area contributed by atoms with Crippen LogP contribution in [0.25, 0.3) is 0 Å². The molecule has 0 fully saturated rings. The van der Waals surface area contributed by atoms with Crippen LogP contribution in [-0.4, -0.2) is 97.7 Å². The molecular weight excluding hydrogens is 781 g/mol. The molecule has 0 amide bonds. The Hall–Kier alpha value is 0.120. The van der Waals surface area contributed by atoms with Crippen molar-refractivity contribution >= 4 is 49.7 Å². The zero-order chi connectivity index (χ0) is 44.6. The van der Waals surface area contributed by atoms with E-state index < -0.39 is 11.9 Å². The Labute approximate surface area is 413 Å². The predicted octanol–water partition coefficient (Wildman–Crippen LogP) is 14.2. The van der Waals surface area contributed by atoms with E-state index in [1.54, 1.807) is 0 Å². The van der Waals surface area contributed by atoms with Crippen LogP contribution in [0.5, 0.6) is 0 Å². The maximum atomic E-state index is 11.0. The van der Waals surface area contributed by atoms with E-state index in [2.05, 4.69) is 51.3 Å². The molecule has 0 aliphatic carbocycles. The topological polar surface area (TPSA) is 86.7 Å². The Morgan fingerprint density at radius 2 is 0.508 bits per heavy atom. The summed E-state index contributed by atoms with van der Waals surface area (Å²) >= 11 is 0. The average molecular weight is 890 g/mol. The standard InChI is InChI=1S/2C27H55NO2.Ca/c2*1-4-7-9-11-13-15-17-19-24-28(26(21-6-3)22-23-27(29)30)25-20-18-16-14-12-10-8-5-2;/h2*26H,4-25H2,1-3H3,(H,29,30);/q;;+2/p-2. The Morgan fingerprint density at radius 1 is 0.311 bits per heavy atom. The molecule has 0 aliphatic rings. The molecule has 7 heteroatoms. The van der Waals surface area contributed by atoms with Crippen LogP contribution >= 0.6 is 0 Å². The number of nitrogens with zero attached hydrogens (tertiary/aromatic N) is 2. The maximum absolute atomic E-state index is 11.0. The first kappa shape index (κ1) is 65.4. The van der Waals surface area contributed by atoms with Crippen LogP contribution in [0.3, 0.4) is 0 Å². The minimum absolute atomic E-state index is 0. The number of carboxylic acids is 2. The second-order valence-corrected chi connectivity index (χ2v) is 18.7. The Morgan fingerprint density at radius 3 is 0.689 bits per heavy atom. The fourth-order valence-corrected chi connectivity index (χ4v) is 9.00. The van der Waals surface area contributed by atoms with Crippen molar-refractivity contribution in [1.82, 2.24) is 9.80 Å². The fraction of sp³-hybridized carbons (Fsp3) is 0.963. The third-order valence-electron chi connectivity index (χ3n) is 12.8. The summed E-state index contributed by atoms with van der Waals surface area (Å²) in [4.78, 5) is 27.3. The normalized spacial score (nSPS) is 12.3. The second-order valence-electron chi connectivity index (χ2n) is 18.7. The van der Waals surface area contributed by atoms with Crippen molar-refractivity contribution in [2.24, 2.45) is 0 Å². The van der Waals surface area contributed by atoms with Crippen LogP contribution in [0.4, 0.5) is 0 Å². The van der Waals surface area contributed by atoms with Crippen molar-refractivity contribution in [1.29, 1.82) is 0 Å². The van der Waals surface area contributed by atoms with Gasteiger partial charge in [0.05, 0.1) is 0 Å². The third kappa shape index (κ3) is 49.4. The molecular formula is C54H108CaN2O4. The van der Waals surface area contributed by atoms with Gasteiger partial charge in [-0.15, -0.1) is 0 Å². The molecule has 0 N–H and O–H groups in total. The van der Waals surface area contributed by atoms with Crippen LogP contribution in [0.1, 0.15) is 298 Å². The van der Waals surface area contributed by atoms with Crippen molar-refractivity contribution in [3.63, 3.8) is 0 Å². The number of aliphatic carboxylic acids is 2. The van der Waals surface area contributed by atoms with Gasteiger partial charge in [-0.25, -0.2) is 0 Å². The van der Waals surface area contributed by atoms with Crippen molar-refractivity contribution in [3.8, 4) is 0 Å². The van der Waals surface area contributed by atoms with Gasteiger partial charge in [0.25, 0.3) is 0 Å². The number of carbonyl (C=O) groups is 2. The minimum atomic E-state index is -0.893. The van der Waals surface area contributed by atoms with E-state index in [0.29, 0.717) is 12.1 Å². The molecule has 0 saturated carbocycles. The van der Waals surface area contributed by atoms with Gasteiger partial charge >= 0.3 is 37.7 Å². The van der Waals surface area contributed by atoms with E-state index in [0.717, 1.165) is 64.7 Å². The van der Waals surface area contributed by atoms with Gasteiger partial charge in [0.15, 0.2) is 0 Å². The summed E-state index contributed by atoms with van der Waals surface area (Å²) in [6.07, 6.45) is 49.5. The van der Waals surface area contributed by atoms with E-state index in [9.17, 15) is 19.8 Å². The molecule has 0 aliphatic heterocycles. The molecule has 0 aromatic carbocycles. The molecule has 0 saturated heterocycles. The number of hydrogen-bond acceptors (Lipinski definition) is 6. The van der Waals surface area contributed by atoms with E-state index in [-0.39, 0.29) is 50.6 Å². The van der Waals surface area contributed by atoms with Gasteiger partial charge in [-0.05, 0) is 90.4 Å². The summed E-state index contributed by atoms with van der Waals surface area (Å²) < 4.78 is 0. The second kappa shape index (κ2) is 54.5. The molecule has 0 rings (SSSR count). The van der Waals surface area contributed by atoms with Crippen LogP contribution in [-0.2, 0) is 9.59 Å². The SMILES string of the molecule is CCCCCCCCCCN(CCCCCCCCCC)C(CCC)CCC(=O)[O-].CCCCCCCCCCN(CCCCCCCCCC)C(CCC)CCC(=O)[O-].[Ca+2]. The molecule has 0 radical (unpaired) electrons. The molecule has 6 nitrogen and oxygen atoms in total. The summed E-state index contributed by atoms with van der Waals surface area (Å²) in [5.74, 6) is -1.79. The summed E-state index contributed by atoms with van der Waals surface area (Å²) in [5, 5.41) is 22.0. The Balaban J connectivity index is -0.00000109. The summed E-state index contributed by atoms with van der Waals surface area (Å²) in [6, 6.07) is 0.837. The van der Waals surface area contributed by atoms with Gasteiger partial charge in [-0.2, -0.15) is 0 Å². The van der Waals surface area contributed by atoms with Crippen LogP contribution in [0.2, 0.25) is 0 Å². The monoisotopic (exact) mass is 889 g/mol. The molecule has 360 valence electrons. The van der Waals surface area contributed by atoms with Crippen molar-refractivity contribution in [2.75, 3.05) is 26.2 Å². The quantitative estimate of drug-likeness (QED) is 0.0447. The molecule has 0 bridgehead atoms. The largest absolute Gasteiger partial charge is 2.00 e. The first-order valence-corrected chi connectivity index (χ1v) is 27.2. The van der Waals surface area contributed by atoms with Crippen molar-refractivity contribution in [2.45, 2.75) is 310 Å². The van der Waals surface area contributed by atoms with E-state index in [1.807, 2.05) is 0 Å². The molecule has 0 heterocycles. The van der Waals surface area contributed by atoms with Gasteiger partial charge in [-0.1, -0.05) is 234 Å². The molecule has 0 aromatic heterocycles. The van der Waals surface area contributed by atoms with Crippen molar-refractivity contribution < 1.29 is 19.8 Å². The molecule has 61 heavy (non-hydrogen) atoms. The van der Waals surface area contributed by atoms with E-state index in [4.69, 9.17) is 0 Å². The first-order chi connectivity index (χ1) is 29.3. The van der Waals surface area contributed by atoms with Gasteiger partial charge in [-0.3, -0.25) is 0 Å². The number of carbonyl (C=O) groups excluding carboxylic acids is 2. The van der Waals surface area contributed by atoms with Crippen LogP contribution in [0.15, 0.2) is 0 Å². The number of unbranched alkanes of at least 4 members (excludes halogenated alkanes) is 28. The van der Waals surface area contributed by atoms with Crippen LogP contribution < -0.4 is 10.2 Å². The maximum Gasteiger partial charge on any atom is 2.00 e. The Kier molecular flexibility index (Phi) is 58.4. The Bertz CT molecular complexity index is 753. The predicted molar refractivity (Wildman–Crippen MR) is 265 cm³/mol. The van der Waals surface area contributed by atoms with Gasteiger partial charge in [0.2, 0.25) is 0 Å². The summed E-state index contributed by atoms with van der Waals surface area (Å²) in [7, 11) is 0. The number of carboxylic acid groups (broad SMARTS) is 2. The molecule has 2 unspecified atom stereocenters. The smallest absolute Gasteiger partial charge is 0.550 e. The molecule has 0 aromatic rings. The summed E-state index contributed by atoms with van der Waals surface area (Å²) in [6.45, 7) is 18.1. The molecule has 0 spiro atoms. The third-order valence-corrected chi connectivity index (χ3v) is 12.8. The minimum Gasteiger partial charge on any atom is -0.550 e. The first-order valence-electron chi connectivity index (χ1n) is 27.2. The fourth-order valence-electron chi connectivity index (χ4n) is 9.00. The van der Waals surface area contributed by atoms with Gasteiger partial charge in [0.1, 0.15) is 0 Å². The summed E-state index contributed by atoms with van der Waals surface area (Å²) in [5.41, 5.74) is 0. The van der Waals surface area contributed by atoms with E-state index in [1.165, 1.54) is 205 Å². The van der Waals surface area contributed by atoms with Gasteiger partial charge < -0.3 is 29.6 Å². The van der Waals surface area contributed by atoms with Crippen molar-refractivity contribution in [3.05, 3.63) is 0 Å². The number of hydrogen-bond donors (Lipinski definition) is 0. The molecule has 2 atom stereocenters.